The summed E-state index contributed by atoms with van der Waals surface area (Å²) in [4.78, 5) is 12.3. The topological polar surface area (TPSA) is 46.9 Å². The van der Waals surface area contributed by atoms with E-state index in [0.29, 0.717) is 13.0 Å². The van der Waals surface area contributed by atoms with Crippen LogP contribution in [-0.2, 0) is 17.8 Å². The minimum absolute atomic E-state index is 0.0454. The Morgan fingerprint density at radius 3 is 2.57 bits per heavy atom. The summed E-state index contributed by atoms with van der Waals surface area (Å²) in [5.74, 6) is -0.340. The van der Waals surface area contributed by atoms with Gasteiger partial charge in [0.25, 0.3) is 0 Å². The lowest BCUT2D eigenvalue weighted by Crippen LogP contribution is -2.24. The van der Waals surface area contributed by atoms with Crippen molar-refractivity contribution in [1.82, 2.24) is 15.1 Å². The molecule has 0 aliphatic carbocycles. The van der Waals surface area contributed by atoms with E-state index in [2.05, 4.69) is 10.4 Å². The third kappa shape index (κ3) is 4.18. The lowest BCUT2D eigenvalue weighted by molar-refractivity contribution is -0.120. The molecule has 4 rings (SSSR count). The van der Waals surface area contributed by atoms with Crippen LogP contribution in [0.2, 0.25) is 0 Å². The molecule has 6 heteroatoms. The molecule has 140 valence electrons. The van der Waals surface area contributed by atoms with Crippen molar-refractivity contribution in [2.75, 3.05) is 0 Å². The summed E-state index contributed by atoms with van der Waals surface area (Å²) in [5.41, 5.74) is 4.31. The van der Waals surface area contributed by atoms with E-state index in [0.717, 1.165) is 28.1 Å². The van der Waals surface area contributed by atoms with Gasteiger partial charge in [-0.2, -0.15) is 16.4 Å². The summed E-state index contributed by atoms with van der Waals surface area (Å²) in [6.07, 6.45) is 2.25. The fourth-order valence-corrected chi connectivity index (χ4v) is 3.61. The van der Waals surface area contributed by atoms with Gasteiger partial charge in [-0.3, -0.25) is 4.79 Å². The van der Waals surface area contributed by atoms with Crippen molar-refractivity contribution < 1.29 is 9.18 Å². The van der Waals surface area contributed by atoms with Crippen molar-refractivity contribution in [3.63, 3.8) is 0 Å². The third-order valence-corrected chi connectivity index (χ3v) is 5.08. The van der Waals surface area contributed by atoms with Gasteiger partial charge in [0.1, 0.15) is 5.82 Å². The van der Waals surface area contributed by atoms with E-state index >= 15 is 0 Å². The number of para-hydroxylation sites is 1. The van der Waals surface area contributed by atoms with Gasteiger partial charge in [0.2, 0.25) is 5.91 Å². The molecule has 0 unspecified atom stereocenters. The van der Waals surface area contributed by atoms with Crippen molar-refractivity contribution in [2.45, 2.75) is 13.0 Å². The van der Waals surface area contributed by atoms with Crippen LogP contribution in [-0.4, -0.2) is 15.7 Å². The average molecular weight is 391 g/mol. The Morgan fingerprint density at radius 2 is 1.86 bits per heavy atom. The average Bonchev–Trinajstić information content (AvgIpc) is 3.38. The Labute approximate surface area is 166 Å². The molecule has 4 aromatic rings. The molecule has 2 heterocycles. The monoisotopic (exact) mass is 391 g/mol. The first kappa shape index (κ1) is 18.1. The molecule has 0 saturated carbocycles. The van der Waals surface area contributed by atoms with E-state index < -0.39 is 0 Å². The summed E-state index contributed by atoms with van der Waals surface area (Å²) in [7, 11) is 0. The molecule has 4 nitrogen and oxygen atoms in total. The van der Waals surface area contributed by atoms with Gasteiger partial charge in [-0.25, -0.2) is 9.07 Å². The Kier molecular flexibility index (Phi) is 5.30. The van der Waals surface area contributed by atoms with Gasteiger partial charge in [-0.1, -0.05) is 18.2 Å². The van der Waals surface area contributed by atoms with Crippen LogP contribution in [0.15, 0.2) is 77.6 Å². The summed E-state index contributed by atoms with van der Waals surface area (Å²) < 4.78 is 15.1. The molecular weight excluding hydrogens is 373 g/mol. The predicted molar refractivity (Wildman–Crippen MR) is 109 cm³/mol. The number of benzene rings is 2. The minimum Gasteiger partial charge on any atom is -0.352 e. The molecule has 0 spiro atoms. The maximum absolute atomic E-state index is 13.3. The fourth-order valence-electron chi connectivity index (χ4n) is 2.94. The third-order valence-electron chi connectivity index (χ3n) is 4.35. The summed E-state index contributed by atoms with van der Waals surface area (Å²) in [6.45, 7) is 0.350. The summed E-state index contributed by atoms with van der Waals surface area (Å²) in [5, 5.41) is 11.6. The van der Waals surface area contributed by atoms with Crippen molar-refractivity contribution in [3.05, 3.63) is 94.6 Å². The van der Waals surface area contributed by atoms with Crippen LogP contribution in [0.1, 0.15) is 11.1 Å². The van der Waals surface area contributed by atoms with Crippen LogP contribution < -0.4 is 5.32 Å². The van der Waals surface area contributed by atoms with Crippen LogP contribution in [0.25, 0.3) is 16.9 Å². The Hall–Kier alpha value is -3.25. The van der Waals surface area contributed by atoms with Crippen molar-refractivity contribution in [1.29, 1.82) is 0 Å². The van der Waals surface area contributed by atoms with E-state index in [4.69, 9.17) is 0 Å². The number of amides is 1. The second-order valence-electron chi connectivity index (χ2n) is 6.38. The number of carbonyl (C=O) groups excluding carboxylic acids is 1. The van der Waals surface area contributed by atoms with E-state index in [1.165, 1.54) is 12.1 Å². The zero-order valence-electron chi connectivity index (χ0n) is 15.0. The van der Waals surface area contributed by atoms with Gasteiger partial charge in [-0.15, -0.1) is 0 Å². The number of rotatable bonds is 6. The highest BCUT2D eigenvalue weighted by atomic mass is 32.1. The molecule has 0 aliphatic heterocycles. The number of thiophene rings is 1. The number of carbonyl (C=O) groups is 1. The zero-order chi connectivity index (χ0) is 19.3. The van der Waals surface area contributed by atoms with Gasteiger partial charge in [-0.05, 0) is 58.8 Å². The second-order valence-corrected chi connectivity index (χ2v) is 7.16. The molecule has 0 bridgehead atoms. The van der Waals surface area contributed by atoms with E-state index in [9.17, 15) is 9.18 Å². The number of nitrogens with one attached hydrogen (secondary N) is 1. The molecule has 0 radical (unpaired) electrons. The molecule has 28 heavy (non-hydrogen) atoms. The van der Waals surface area contributed by atoms with Gasteiger partial charge in [0, 0.05) is 23.9 Å². The molecular formula is C22H18FN3OS. The van der Waals surface area contributed by atoms with E-state index in [-0.39, 0.29) is 11.7 Å². The minimum atomic E-state index is -0.295. The fraction of sp³-hybridized carbons (Fsp3) is 0.0909. The Morgan fingerprint density at radius 1 is 1.07 bits per heavy atom. The van der Waals surface area contributed by atoms with Crippen LogP contribution in [0.4, 0.5) is 4.39 Å². The smallest absolute Gasteiger partial charge is 0.224 e. The number of hydrogen-bond acceptors (Lipinski definition) is 3. The van der Waals surface area contributed by atoms with Crippen LogP contribution >= 0.6 is 11.3 Å². The molecule has 2 aromatic carbocycles. The SMILES string of the molecule is O=C(Cc1ccsc1)NCc1cn(-c2ccccc2)nc1-c1ccc(F)cc1. The molecule has 1 N–H and O–H groups in total. The predicted octanol–water partition coefficient (Wildman–Crippen LogP) is 4.60. The van der Waals surface area contributed by atoms with Gasteiger partial charge in [0.05, 0.1) is 17.8 Å². The first-order valence-corrected chi connectivity index (χ1v) is 9.81. The highest BCUT2D eigenvalue weighted by Gasteiger charge is 2.14. The number of halogens is 1. The summed E-state index contributed by atoms with van der Waals surface area (Å²) in [6, 6.07) is 17.9. The maximum Gasteiger partial charge on any atom is 0.224 e. The molecule has 0 fully saturated rings. The quantitative estimate of drug-likeness (QED) is 0.522. The maximum atomic E-state index is 13.3. The van der Waals surface area contributed by atoms with Crippen LogP contribution in [0.3, 0.4) is 0 Å². The molecule has 1 amide bonds. The van der Waals surface area contributed by atoms with Gasteiger partial charge in [0.15, 0.2) is 0 Å². The normalized spacial score (nSPS) is 10.8. The van der Waals surface area contributed by atoms with Crippen LogP contribution in [0, 0.1) is 5.82 Å². The number of aromatic nitrogens is 2. The summed E-state index contributed by atoms with van der Waals surface area (Å²) >= 11 is 1.57. The number of nitrogens with zero attached hydrogens (tertiary/aromatic N) is 2. The molecule has 0 saturated heterocycles. The van der Waals surface area contributed by atoms with Gasteiger partial charge >= 0.3 is 0 Å². The largest absolute Gasteiger partial charge is 0.352 e. The molecule has 2 aromatic heterocycles. The van der Waals surface area contributed by atoms with Crippen molar-refractivity contribution >= 4 is 17.2 Å². The van der Waals surface area contributed by atoms with E-state index in [1.807, 2.05) is 53.4 Å². The first-order chi connectivity index (χ1) is 13.7. The highest BCUT2D eigenvalue weighted by Crippen LogP contribution is 2.24. The molecule has 0 atom stereocenters. The van der Waals surface area contributed by atoms with Crippen LogP contribution in [0.5, 0.6) is 0 Å². The highest BCUT2D eigenvalue weighted by molar-refractivity contribution is 7.08. The standard InChI is InChI=1S/C22H18FN3OS/c23-19-8-6-17(7-9-19)22-18(13-24-21(27)12-16-10-11-28-15-16)14-26(25-22)20-4-2-1-3-5-20/h1-11,14-15H,12-13H2,(H,24,27). The number of hydrogen-bond donors (Lipinski definition) is 1. The lowest BCUT2D eigenvalue weighted by Gasteiger charge is -2.05. The van der Waals surface area contributed by atoms with Crippen molar-refractivity contribution in [2.24, 2.45) is 0 Å². The van der Waals surface area contributed by atoms with Crippen molar-refractivity contribution in [3.8, 4) is 16.9 Å². The Bertz CT molecular complexity index is 1060. The lowest BCUT2D eigenvalue weighted by atomic mass is 10.1. The molecule has 0 aliphatic rings. The second kappa shape index (κ2) is 8.19. The van der Waals surface area contributed by atoms with Gasteiger partial charge < -0.3 is 5.32 Å². The van der Waals surface area contributed by atoms with E-state index in [1.54, 1.807) is 28.2 Å². The first-order valence-electron chi connectivity index (χ1n) is 8.87. The Balaban J connectivity index is 1.59. The zero-order valence-corrected chi connectivity index (χ0v) is 15.8.